The fraction of sp³-hybridized carbons (Fsp3) is 0.100. The second-order valence-corrected chi connectivity index (χ2v) is 5.42. The molecule has 0 aliphatic rings. The second-order valence-electron chi connectivity index (χ2n) is 5.42. The molecule has 0 N–H and O–H groups in total. The number of pyridine rings is 1. The molecule has 0 saturated heterocycles. The van der Waals surface area contributed by atoms with Crippen LogP contribution in [0.5, 0.6) is 5.75 Å². The van der Waals surface area contributed by atoms with Crippen molar-refractivity contribution in [3.8, 4) is 5.75 Å². The number of ether oxygens (including phenoxy) is 1. The number of anilines is 1. The standard InChI is InChI=1S/C20H17FN2O2/c1-25-17-8-6-15(7-9-17)14-23(16-10-12-22-13-11-16)20(24)18-4-2-3-5-19(18)21/h2-13H,14H2,1H3. The molecule has 0 atom stereocenters. The van der Waals surface area contributed by atoms with Gasteiger partial charge in [0.2, 0.25) is 0 Å². The van der Waals surface area contributed by atoms with Gasteiger partial charge in [0.25, 0.3) is 5.91 Å². The maximum absolute atomic E-state index is 14.1. The van der Waals surface area contributed by atoms with E-state index in [4.69, 9.17) is 4.74 Å². The molecule has 3 aromatic rings. The largest absolute Gasteiger partial charge is 0.497 e. The van der Waals surface area contributed by atoms with Gasteiger partial charge >= 0.3 is 0 Å². The maximum Gasteiger partial charge on any atom is 0.261 e. The summed E-state index contributed by atoms with van der Waals surface area (Å²) in [5, 5.41) is 0. The van der Waals surface area contributed by atoms with Crippen LogP contribution in [0.25, 0.3) is 0 Å². The summed E-state index contributed by atoms with van der Waals surface area (Å²) in [6, 6.07) is 16.8. The number of carbonyl (C=O) groups is 1. The molecule has 3 rings (SSSR count). The Morgan fingerprint density at radius 3 is 2.36 bits per heavy atom. The number of aromatic nitrogens is 1. The summed E-state index contributed by atoms with van der Waals surface area (Å²) in [5.41, 5.74) is 1.59. The quantitative estimate of drug-likeness (QED) is 0.705. The summed E-state index contributed by atoms with van der Waals surface area (Å²) in [5.74, 6) is -0.207. The van der Waals surface area contributed by atoms with Crippen LogP contribution in [0, 0.1) is 5.82 Å². The van der Waals surface area contributed by atoms with Crippen LogP contribution in [0.4, 0.5) is 10.1 Å². The van der Waals surface area contributed by atoms with Gasteiger partial charge in [-0.15, -0.1) is 0 Å². The maximum atomic E-state index is 14.1. The zero-order valence-corrected chi connectivity index (χ0v) is 13.7. The minimum absolute atomic E-state index is 0.0350. The Hall–Kier alpha value is -3.21. The third-order valence-electron chi connectivity index (χ3n) is 3.82. The molecule has 0 unspecified atom stereocenters. The van der Waals surface area contributed by atoms with Crippen LogP contribution >= 0.6 is 0 Å². The monoisotopic (exact) mass is 336 g/mol. The van der Waals surface area contributed by atoms with E-state index in [1.807, 2.05) is 24.3 Å². The van der Waals surface area contributed by atoms with Gasteiger partial charge in [-0.3, -0.25) is 9.78 Å². The molecule has 0 radical (unpaired) electrons. The Morgan fingerprint density at radius 2 is 1.72 bits per heavy atom. The third kappa shape index (κ3) is 3.83. The number of methoxy groups -OCH3 is 1. The molecule has 4 nitrogen and oxygen atoms in total. The third-order valence-corrected chi connectivity index (χ3v) is 3.82. The molecular weight excluding hydrogens is 319 g/mol. The van der Waals surface area contributed by atoms with Gasteiger partial charge in [-0.05, 0) is 42.0 Å². The van der Waals surface area contributed by atoms with E-state index in [9.17, 15) is 9.18 Å². The highest BCUT2D eigenvalue weighted by molar-refractivity contribution is 6.06. The highest BCUT2D eigenvalue weighted by Gasteiger charge is 2.21. The highest BCUT2D eigenvalue weighted by Crippen LogP contribution is 2.22. The van der Waals surface area contributed by atoms with Crippen molar-refractivity contribution >= 4 is 11.6 Å². The summed E-state index contributed by atoms with van der Waals surface area (Å²) in [6.07, 6.45) is 3.20. The Morgan fingerprint density at radius 1 is 1.04 bits per heavy atom. The minimum atomic E-state index is -0.540. The fourth-order valence-corrected chi connectivity index (χ4v) is 2.50. The predicted octanol–water partition coefficient (Wildman–Crippen LogP) is 4.08. The number of hydrogen-bond acceptors (Lipinski definition) is 3. The van der Waals surface area contributed by atoms with Crippen molar-refractivity contribution in [2.75, 3.05) is 12.0 Å². The number of halogens is 1. The first-order chi connectivity index (χ1) is 12.2. The van der Waals surface area contributed by atoms with E-state index in [-0.39, 0.29) is 5.56 Å². The van der Waals surface area contributed by atoms with E-state index in [1.165, 1.54) is 17.0 Å². The van der Waals surface area contributed by atoms with Crippen LogP contribution in [0.1, 0.15) is 15.9 Å². The fourth-order valence-electron chi connectivity index (χ4n) is 2.50. The van der Waals surface area contributed by atoms with Crippen molar-refractivity contribution in [1.29, 1.82) is 0 Å². The minimum Gasteiger partial charge on any atom is -0.497 e. The average molecular weight is 336 g/mol. The SMILES string of the molecule is COc1ccc(CN(C(=O)c2ccccc2F)c2ccncc2)cc1. The number of hydrogen-bond donors (Lipinski definition) is 0. The van der Waals surface area contributed by atoms with Crippen LogP contribution in [0.2, 0.25) is 0 Å². The van der Waals surface area contributed by atoms with Gasteiger partial charge < -0.3 is 9.64 Å². The molecule has 0 fully saturated rings. The van der Waals surface area contributed by atoms with Gasteiger partial charge in [0.05, 0.1) is 19.2 Å². The van der Waals surface area contributed by atoms with Crippen LogP contribution in [-0.4, -0.2) is 18.0 Å². The van der Waals surface area contributed by atoms with E-state index in [0.717, 1.165) is 11.3 Å². The zero-order chi connectivity index (χ0) is 17.6. The van der Waals surface area contributed by atoms with Crippen molar-refractivity contribution in [3.05, 3.63) is 90.0 Å². The van der Waals surface area contributed by atoms with Gasteiger partial charge in [0.1, 0.15) is 11.6 Å². The molecule has 0 aliphatic carbocycles. The Balaban J connectivity index is 1.95. The Bertz CT molecular complexity index is 851. The lowest BCUT2D eigenvalue weighted by molar-refractivity contribution is 0.0981. The molecule has 25 heavy (non-hydrogen) atoms. The zero-order valence-electron chi connectivity index (χ0n) is 13.7. The first-order valence-electron chi connectivity index (χ1n) is 7.78. The van der Waals surface area contributed by atoms with E-state index in [1.54, 1.807) is 43.8 Å². The molecule has 2 aromatic carbocycles. The van der Waals surface area contributed by atoms with Gasteiger partial charge in [-0.25, -0.2) is 4.39 Å². The van der Waals surface area contributed by atoms with Gasteiger partial charge in [0, 0.05) is 18.1 Å². The van der Waals surface area contributed by atoms with Gasteiger partial charge in [0.15, 0.2) is 0 Å². The lowest BCUT2D eigenvalue weighted by Gasteiger charge is -2.23. The molecule has 1 aromatic heterocycles. The Labute approximate surface area is 145 Å². The first kappa shape index (κ1) is 16.6. The van der Waals surface area contributed by atoms with E-state index < -0.39 is 11.7 Å². The molecule has 0 aliphatic heterocycles. The normalized spacial score (nSPS) is 10.3. The first-order valence-corrected chi connectivity index (χ1v) is 7.78. The van der Waals surface area contributed by atoms with Crippen molar-refractivity contribution in [1.82, 2.24) is 4.98 Å². The van der Waals surface area contributed by atoms with Crippen LogP contribution in [0.15, 0.2) is 73.1 Å². The molecule has 5 heteroatoms. The second kappa shape index (κ2) is 7.57. The lowest BCUT2D eigenvalue weighted by atomic mass is 10.1. The molecule has 1 heterocycles. The number of rotatable bonds is 5. The number of carbonyl (C=O) groups excluding carboxylic acids is 1. The molecule has 1 amide bonds. The van der Waals surface area contributed by atoms with Gasteiger partial charge in [-0.1, -0.05) is 24.3 Å². The summed E-state index contributed by atoms with van der Waals surface area (Å²) in [6.45, 7) is 0.307. The Kier molecular flexibility index (Phi) is 5.04. The van der Waals surface area contributed by atoms with Crippen LogP contribution in [-0.2, 0) is 6.54 Å². The predicted molar refractivity (Wildman–Crippen MR) is 94.1 cm³/mol. The molecule has 0 saturated carbocycles. The van der Waals surface area contributed by atoms with Crippen LogP contribution in [0.3, 0.4) is 0 Å². The highest BCUT2D eigenvalue weighted by atomic mass is 19.1. The van der Waals surface area contributed by atoms with Gasteiger partial charge in [-0.2, -0.15) is 0 Å². The molecule has 0 bridgehead atoms. The molecule has 0 spiro atoms. The summed E-state index contributed by atoms with van der Waals surface area (Å²) in [7, 11) is 1.60. The van der Waals surface area contributed by atoms with Crippen molar-refractivity contribution in [3.63, 3.8) is 0 Å². The lowest BCUT2D eigenvalue weighted by Crippen LogP contribution is -2.31. The average Bonchev–Trinajstić information content (AvgIpc) is 2.67. The summed E-state index contributed by atoms with van der Waals surface area (Å²) in [4.78, 5) is 18.4. The van der Waals surface area contributed by atoms with Crippen molar-refractivity contribution < 1.29 is 13.9 Å². The number of nitrogens with zero attached hydrogens (tertiary/aromatic N) is 2. The number of amides is 1. The van der Waals surface area contributed by atoms with E-state index >= 15 is 0 Å². The molecular formula is C20H17FN2O2. The molecule has 126 valence electrons. The van der Waals surface area contributed by atoms with E-state index in [0.29, 0.717) is 12.2 Å². The van der Waals surface area contributed by atoms with E-state index in [2.05, 4.69) is 4.98 Å². The summed E-state index contributed by atoms with van der Waals surface area (Å²) >= 11 is 0. The summed E-state index contributed by atoms with van der Waals surface area (Å²) < 4.78 is 19.2. The topological polar surface area (TPSA) is 42.4 Å². The smallest absolute Gasteiger partial charge is 0.261 e. The van der Waals surface area contributed by atoms with Crippen molar-refractivity contribution in [2.45, 2.75) is 6.54 Å². The van der Waals surface area contributed by atoms with Crippen LogP contribution < -0.4 is 9.64 Å². The number of benzene rings is 2. The van der Waals surface area contributed by atoms with Crippen molar-refractivity contribution in [2.24, 2.45) is 0 Å².